The SMILES string of the molecule is O=C(O)C1CCCC[C@H]1O. The Morgan fingerprint density at radius 3 is 2.30 bits per heavy atom. The second kappa shape index (κ2) is 3.01. The van der Waals surface area contributed by atoms with Gasteiger partial charge in [-0.3, -0.25) is 4.79 Å². The van der Waals surface area contributed by atoms with Crippen molar-refractivity contribution in [3.8, 4) is 0 Å². The molecule has 0 saturated heterocycles. The monoisotopic (exact) mass is 144 g/mol. The largest absolute Gasteiger partial charge is 0.481 e. The van der Waals surface area contributed by atoms with Crippen molar-refractivity contribution in [2.45, 2.75) is 31.8 Å². The van der Waals surface area contributed by atoms with Gasteiger partial charge in [0.2, 0.25) is 0 Å². The van der Waals surface area contributed by atoms with Crippen molar-refractivity contribution in [3.63, 3.8) is 0 Å². The zero-order chi connectivity index (χ0) is 7.56. The fourth-order valence-electron chi connectivity index (χ4n) is 1.40. The third-order valence-electron chi connectivity index (χ3n) is 2.05. The van der Waals surface area contributed by atoms with Gasteiger partial charge in [-0.05, 0) is 12.8 Å². The van der Waals surface area contributed by atoms with Gasteiger partial charge < -0.3 is 10.2 Å². The molecule has 0 spiro atoms. The van der Waals surface area contributed by atoms with Gasteiger partial charge in [0.25, 0.3) is 0 Å². The summed E-state index contributed by atoms with van der Waals surface area (Å²) in [4.78, 5) is 10.4. The Morgan fingerprint density at radius 2 is 1.90 bits per heavy atom. The standard InChI is InChI=1S/C7H12O3/c8-6-4-2-1-3-5(6)7(9)10/h5-6,8H,1-4H2,(H,9,10)/t5?,6-/m1/s1. The molecule has 0 heterocycles. The van der Waals surface area contributed by atoms with E-state index in [0.717, 1.165) is 12.8 Å². The molecular weight excluding hydrogens is 132 g/mol. The average molecular weight is 144 g/mol. The molecule has 2 N–H and O–H groups in total. The van der Waals surface area contributed by atoms with Crippen LogP contribution in [0.4, 0.5) is 0 Å². The lowest BCUT2D eigenvalue weighted by Crippen LogP contribution is -2.30. The first kappa shape index (κ1) is 7.54. The molecule has 0 aromatic carbocycles. The van der Waals surface area contributed by atoms with Gasteiger partial charge in [0.1, 0.15) is 0 Å². The van der Waals surface area contributed by atoms with E-state index in [4.69, 9.17) is 10.2 Å². The molecule has 1 aliphatic rings. The molecule has 3 heteroatoms. The number of aliphatic carboxylic acids is 1. The van der Waals surface area contributed by atoms with E-state index in [9.17, 15) is 4.79 Å². The highest BCUT2D eigenvalue weighted by Crippen LogP contribution is 2.23. The molecule has 2 atom stereocenters. The van der Waals surface area contributed by atoms with Gasteiger partial charge in [-0.2, -0.15) is 0 Å². The van der Waals surface area contributed by atoms with Crippen molar-refractivity contribution < 1.29 is 15.0 Å². The van der Waals surface area contributed by atoms with E-state index in [1.165, 1.54) is 0 Å². The topological polar surface area (TPSA) is 57.5 Å². The van der Waals surface area contributed by atoms with Crippen LogP contribution in [0.25, 0.3) is 0 Å². The summed E-state index contributed by atoms with van der Waals surface area (Å²) < 4.78 is 0. The minimum absolute atomic E-state index is 0.506. The number of hydrogen-bond donors (Lipinski definition) is 2. The first-order chi connectivity index (χ1) is 4.72. The summed E-state index contributed by atoms with van der Waals surface area (Å²) in [7, 11) is 0. The number of hydrogen-bond acceptors (Lipinski definition) is 2. The summed E-state index contributed by atoms with van der Waals surface area (Å²) in [6.07, 6.45) is 2.58. The lowest BCUT2D eigenvalue weighted by molar-refractivity contribution is -0.147. The van der Waals surface area contributed by atoms with Crippen LogP contribution in [-0.4, -0.2) is 22.3 Å². The molecule has 0 bridgehead atoms. The van der Waals surface area contributed by atoms with Gasteiger partial charge >= 0.3 is 5.97 Å². The van der Waals surface area contributed by atoms with Gasteiger partial charge in [-0.15, -0.1) is 0 Å². The maximum absolute atomic E-state index is 10.4. The predicted octanol–water partition coefficient (Wildman–Crippen LogP) is 0.622. The van der Waals surface area contributed by atoms with Crippen LogP contribution >= 0.6 is 0 Å². The molecular formula is C7H12O3. The second-order valence-corrected chi connectivity index (χ2v) is 2.80. The first-order valence-electron chi connectivity index (χ1n) is 3.62. The van der Waals surface area contributed by atoms with Crippen LogP contribution in [0.1, 0.15) is 25.7 Å². The van der Waals surface area contributed by atoms with E-state index in [0.29, 0.717) is 12.8 Å². The van der Waals surface area contributed by atoms with E-state index in [1.807, 2.05) is 0 Å². The Kier molecular flexibility index (Phi) is 2.27. The quantitative estimate of drug-likeness (QED) is 0.567. The predicted molar refractivity (Wildman–Crippen MR) is 35.6 cm³/mol. The van der Waals surface area contributed by atoms with Gasteiger partial charge in [-0.1, -0.05) is 12.8 Å². The van der Waals surface area contributed by atoms with E-state index < -0.39 is 18.0 Å². The van der Waals surface area contributed by atoms with E-state index in [1.54, 1.807) is 0 Å². The molecule has 0 amide bonds. The zero-order valence-electron chi connectivity index (χ0n) is 5.79. The number of aliphatic hydroxyl groups excluding tert-OH is 1. The van der Waals surface area contributed by atoms with Crippen LogP contribution in [0.2, 0.25) is 0 Å². The maximum atomic E-state index is 10.4. The Balaban J connectivity index is 2.47. The van der Waals surface area contributed by atoms with Gasteiger partial charge in [0.05, 0.1) is 12.0 Å². The van der Waals surface area contributed by atoms with Crippen LogP contribution < -0.4 is 0 Å². The molecule has 1 fully saturated rings. The highest BCUT2D eigenvalue weighted by atomic mass is 16.4. The zero-order valence-corrected chi connectivity index (χ0v) is 5.79. The van der Waals surface area contributed by atoms with Crippen LogP contribution in [0.3, 0.4) is 0 Å². The number of rotatable bonds is 1. The number of carbonyl (C=O) groups is 1. The summed E-state index contributed by atoms with van der Waals surface area (Å²) in [5.41, 5.74) is 0. The molecule has 1 aliphatic carbocycles. The number of carboxylic acid groups (broad SMARTS) is 1. The van der Waals surface area contributed by atoms with Crippen LogP contribution in [0, 0.1) is 5.92 Å². The van der Waals surface area contributed by atoms with Crippen molar-refractivity contribution in [2.75, 3.05) is 0 Å². The Labute approximate surface area is 59.7 Å². The molecule has 0 aliphatic heterocycles. The van der Waals surface area contributed by atoms with Gasteiger partial charge in [-0.25, -0.2) is 0 Å². The first-order valence-corrected chi connectivity index (χ1v) is 3.62. The minimum Gasteiger partial charge on any atom is -0.481 e. The summed E-state index contributed by atoms with van der Waals surface area (Å²) in [6.45, 7) is 0. The number of aliphatic hydroxyl groups is 1. The Morgan fingerprint density at radius 1 is 1.30 bits per heavy atom. The van der Waals surface area contributed by atoms with Gasteiger partial charge in [0.15, 0.2) is 0 Å². The van der Waals surface area contributed by atoms with Crippen LogP contribution in [0.5, 0.6) is 0 Å². The molecule has 1 unspecified atom stereocenters. The third-order valence-corrected chi connectivity index (χ3v) is 2.05. The maximum Gasteiger partial charge on any atom is 0.309 e. The molecule has 0 radical (unpaired) electrons. The highest BCUT2D eigenvalue weighted by Gasteiger charge is 2.28. The minimum atomic E-state index is -0.854. The molecule has 3 nitrogen and oxygen atoms in total. The van der Waals surface area contributed by atoms with Crippen molar-refractivity contribution in [1.82, 2.24) is 0 Å². The van der Waals surface area contributed by atoms with Crippen molar-refractivity contribution >= 4 is 5.97 Å². The summed E-state index contributed by atoms with van der Waals surface area (Å²) in [5.74, 6) is -1.36. The second-order valence-electron chi connectivity index (χ2n) is 2.80. The molecule has 10 heavy (non-hydrogen) atoms. The Bertz CT molecular complexity index is 133. The van der Waals surface area contributed by atoms with E-state index in [2.05, 4.69) is 0 Å². The fourth-order valence-corrected chi connectivity index (χ4v) is 1.40. The smallest absolute Gasteiger partial charge is 0.309 e. The summed E-state index contributed by atoms with van der Waals surface area (Å²) in [6, 6.07) is 0. The van der Waals surface area contributed by atoms with Crippen molar-refractivity contribution in [3.05, 3.63) is 0 Å². The highest BCUT2D eigenvalue weighted by molar-refractivity contribution is 5.70. The summed E-state index contributed by atoms with van der Waals surface area (Å²) in [5, 5.41) is 17.7. The van der Waals surface area contributed by atoms with Crippen LogP contribution in [-0.2, 0) is 4.79 Å². The number of carboxylic acids is 1. The van der Waals surface area contributed by atoms with Crippen molar-refractivity contribution in [1.29, 1.82) is 0 Å². The summed E-state index contributed by atoms with van der Waals surface area (Å²) >= 11 is 0. The van der Waals surface area contributed by atoms with E-state index >= 15 is 0 Å². The third kappa shape index (κ3) is 1.48. The lowest BCUT2D eigenvalue weighted by atomic mass is 9.87. The Hall–Kier alpha value is -0.570. The molecule has 0 aromatic rings. The molecule has 0 aromatic heterocycles. The lowest BCUT2D eigenvalue weighted by Gasteiger charge is -2.23. The normalized spacial score (nSPS) is 33.7. The van der Waals surface area contributed by atoms with Gasteiger partial charge in [0, 0.05) is 0 Å². The molecule has 1 rings (SSSR count). The molecule has 58 valence electrons. The van der Waals surface area contributed by atoms with Crippen LogP contribution in [0.15, 0.2) is 0 Å². The average Bonchev–Trinajstić information content (AvgIpc) is 1.88. The van der Waals surface area contributed by atoms with Crippen molar-refractivity contribution in [2.24, 2.45) is 5.92 Å². The van der Waals surface area contributed by atoms with E-state index in [-0.39, 0.29) is 0 Å². The molecule has 1 saturated carbocycles. The fraction of sp³-hybridized carbons (Fsp3) is 0.857.